The molecule has 2 atom stereocenters. The summed E-state index contributed by atoms with van der Waals surface area (Å²) in [6.07, 6.45) is 0. The maximum atomic E-state index is 10.8. The van der Waals surface area contributed by atoms with Gasteiger partial charge in [0.25, 0.3) is 0 Å². The lowest BCUT2D eigenvalue weighted by atomic mass is 9.75. The zero-order valence-corrected chi connectivity index (χ0v) is 27.0. The first kappa shape index (κ1) is 27.4. The summed E-state index contributed by atoms with van der Waals surface area (Å²) in [6, 6.07) is 11.1. The molecule has 0 heterocycles. The van der Waals surface area contributed by atoms with Crippen molar-refractivity contribution in [2.75, 3.05) is 0 Å². The molecule has 2 unspecified atom stereocenters. The minimum atomic E-state index is -0.563. The van der Waals surface area contributed by atoms with Crippen LogP contribution in [0.2, 0.25) is 0 Å². The number of hydrogen-bond donors (Lipinski definition) is 4. The molecule has 4 N–H and O–H groups in total. The van der Waals surface area contributed by atoms with Gasteiger partial charge in [0.05, 0.1) is 14.3 Å². The maximum absolute atomic E-state index is 10.8. The Morgan fingerprint density at radius 1 is 0.636 bits per heavy atom. The Hall–Kier alpha value is -0.220. The van der Waals surface area contributed by atoms with Gasteiger partial charge >= 0.3 is 0 Å². The van der Waals surface area contributed by atoms with Gasteiger partial charge in [0, 0.05) is 17.0 Å². The first-order valence-electron chi connectivity index (χ1n) is 10.2. The molecule has 4 nitrogen and oxygen atoms in total. The van der Waals surface area contributed by atoms with E-state index in [1.54, 1.807) is 0 Å². The van der Waals surface area contributed by atoms with Gasteiger partial charge in [0.1, 0.15) is 23.0 Å². The van der Waals surface area contributed by atoms with Crippen LogP contribution in [0.4, 0.5) is 0 Å². The third-order valence-corrected chi connectivity index (χ3v) is 9.65. The number of phenolic OH excluding ortho intramolecular Hbond substituents is 4. The van der Waals surface area contributed by atoms with Crippen molar-refractivity contribution in [3.63, 3.8) is 0 Å². The largest absolute Gasteiger partial charge is 0.508 e. The number of benzene rings is 3. The van der Waals surface area contributed by atoms with Crippen LogP contribution in [-0.2, 0) is 5.41 Å². The van der Waals surface area contributed by atoms with Gasteiger partial charge in [-0.15, -0.1) is 0 Å². The quantitative estimate of drug-likeness (QED) is 0.195. The van der Waals surface area contributed by atoms with Crippen LogP contribution in [0.3, 0.4) is 0 Å². The summed E-state index contributed by atoms with van der Waals surface area (Å²) in [4.78, 5) is 0. The van der Waals surface area contributed by atoms with Crippen LogP contribution in [0.15, 0.2) is 36.4 Å². The number of hydrogen-bond acceptors (Lipinski definition) is 4. The Morgan fingerprint density at radius 3 is 1.58 bits per heavy atom. The van der Waals surface area contributed by atoms with Gasteiger partial charge in [-0.3, -0.25) is 0 Å². The monoisotopic (exact) mass is 896 g/mol. The van der Waals surface area contributed by atoms with E-state index in [2.05, 4.69) is 104 Å². The molecule has 3 aromatic rings. The molecule has 0 amide bonds. The number of aromatic hydroxyl groups is 4. The van der Waals surface area contributed by atoms with Gasteiger partial charge in [-0.05, 0) is 149 Å². The molecule has 33 heavy (non-hydrogen) atoms. The van der Waals surface area contributed by atoms with Crippen molar-refractivity contribution in [2.24, 2.45) is 0 Å². The van der Waals surface area contributed by atoms with E-state index in [1.165, 1.54) is 6.07 Å². The molecule has 3 aromatic carbocycles. The predicted octanol–water partition coefficient (Wildman–Crippen LogP) is 8.16. The van der Waals surface area contributed by atoms with Crippen molar-refractivity contribution in [1.82, 2.24) is 0 Å². The highest BCUT2D eigenvalue weighted by Gasteiger charge is 2.31. The molecule has 0 bridgehead atoms. The summed E-state index contributed by atoms with van der Waals surface area (Å²) in [5.74, 6) is 0.657. The summed E-state index contributed by atoms with van der Waals surface area (Å²) >= 11 is 8.49. The van der Waals surface area contributed by atoms with Gasteiger partial charge in [0.15, 0.2) is 0 Å². The third-order valence-electron chi connectivity index (χ3n) is 6.36. The second kappa shape index (κ2) is 10.4. The molecule has 0 aliphatic heterocycles. The van der Waals surface area contributed by atoms with Crippen molar-refractivity contribution >= 4 is 90.4 Å². The number of halogens is 4. The van der Waals surface area contributed by atoms with E-state index in [9.17, 15) is 20.4 Å². The molecular weight excluding hydrogens is 872 g/mol. The average molecular weight is 896 g/mol. The zero-order chi connectivity index (χ0) is 24.8. The van der Waals surface area contributed by atoms with E-state index >= 15 is 0 Å². The Bertz CT molecular complexity index is 1180. The number of phenols is 4. The Morgan fingerprint density at radius 2 is 1.09 bits per heavy atom. The molecule has 0 aromatic heterocycles. The predicted molar refractivity (Wildman–Crippen MR) is 166 cm³/mol. The van der Waals surface area contributed by atoms with Crippen LogP contribution in [0.5, 0.6) is 23.0 Å². The lowest BCUT2D eigenvalue weighted by molar-refractivity contribution is 0.426. The minimum absolute atomic E-state index is 0.0351. The second-order valence-corrected chi connectivity index (χ2v) is 13.4. The van der Waals surface area contributed by atoms with Gasteiger partial charge in [-0.25, -0.2) is 0 Å². The molecule has 3 rings (SSSR count). The van der Waals surface area contributed by atoms with Crippen LogP contribution in [0, 0.1) is 14.3 Å². The normalized spacial score (nSPS) is 13.7. The molecule has 0 radical (unpaired) electrons. The summed E-state index contributed by atoms with van der Waals surface area (Å²) in [5.41, 5.74) is 2.94. The Balaban J connectivity index is 2.09. The first-order chi connectivity index (χ1) is 15.2. The minimum Gasteiger partial charge on any atom is -0.508 e. The van der Waals surface area contributed by atoms with E-state index in [1.807, 2.05) is 44.2 Å². The molecule has 0 fully saturated rings. The van der Waals surface area contributed by atoms with Gasteiger partial charge < -0.3 is 20.4 Å². The smallest absolute Gasteiger partial charge is 0.142 e. The fraction of sp³-hybridized carbons (Fsp3) is 0.280. The molecule has 0 aliphatic carbocycles. The van der Waals surface area contributed by atoms with Gasteiger partial charge in [0.2, 0.25) is 0 Å². The molecule has 0 saturated carbocycles. The molecular formula is C25H24I4O4. The fourth-order valence-corrected chi connectivity index (χ4v) is 7.53. The standard InChI is InChI=1S/C25H24I4O4/c1-11(13-5-17(26)23(32)18(27)6-13)12(2)15-9-16(22(31)10-21(15)30)25(3,4)14-7-19(28)24(33)20(29)8-14/h5-12,30-33H,1-4H3. The zero-order valence-electron chi connectivity index (χ0n) is 18.4. The van der Waals surface area contributed by atoms with Crippen molar-refractivity contribution < 1.29 is 20.4 Å². The van der Waals surface area contributed by atoms with E-state index < -0.39 is 5.41 Å². The molecule has 0 spiro atoms. The van der Waals surface area contributed by atoms with Crippen LogP contribution < -0.4 is 0 Å². The molecule has 0 saturated heterocycles. The van der Waals surface area contributed by atoms with Crippen LogP contribution >= 0.6 is 90.4 Å². The summed E-state index contributed by atoms with van der Waals surface area (Å²) in [6.45, 7) is 8.22. The van der Waals surface area contributed by atoms with E-state index in [0.717, 1.165) is 31.0 Å². The van der Waals surface area contributed by atoms with E-state index in [4.69, 9.17) is 0 Å². The summed E-state index contributed by atoms with van der Waals surface area (Å²) in [7, 11) is 0. The van der Waals surface area contributed by atoms with Crippen molar-refractivity contribution in [1.29, 1.82) is 0 Å². The SMILES string of the molecule is CC(c1cc(I)c(O)c(I)c1)C(C)c1cc(C(C)(C)c2cc(I)c(O)c(I)c2)c(O)cc1O. The van der Waals surface area contributed by atoms with Crippen LogP contribution in [0.1, 0.15) is 61.8 Å². The highest BCUT2D eigenvalue weighted by molar-refractivity contribution is 14.1. The highest BCUT2D eigenvalue weighted by Crippen LogP contribution is 2.46. The number of rotatable bonds is 5. The third kappa shape index (κ3) is 5.47. The summed E-state index contributed by atoms with van der Waals surface area (Å²) in [5, 5.41) is 41.9. The molecule has 176 valence electrons. The van der Waals surface area contributed by atoms with Crippen molar-refractivity contribution in [2.45, 2.75) is 44.9 Å². The molecule has 0 aliphatic rings. The van der Waals surface area contributed by atoms with Crippen molar-refractivity contribution in [3.8, 4) is 23.0 Å². The first-order valence-corrected chi connectivity index (χ1v) is 14.5. The maximum Gasteiger partial charge on any atom is 0.142 e. The Kier molecular flexibility index (Phi) is 8.63. The van der Waals surface area contributed by atoms with Crippen molar-refractivity contribution in [3.05, 3.63) is 72.9 Å². The van der Waals surface area contributed by atoms with E-state index in [-0.39, 0.29) is 34.8 Å². The average Bonchev–Trinajstić information content (AvgIpc) is 2.73. The van der Waals surface area contributed by atoms with Gasteiger partial charge in [-0.2, -0.15) is 0 Å². The second-order valence-electron chi connectivity index (χ2n) is 8.75. The summed E-state index contributed by atoms with van der Waals surface area (Å²) < 4.78 is 3.09. The van der Waals surface area contributed by atoms with Gasteiger partial charge in [-0.1, -0.05) is 27.7 Å². The van der Waals surface area contributed by atoms with Crippen LogP contribution in [0.25, 0.3) is 0 Å². The fourth-order valence-electron chi connectivity index (χ4n) is 3.95. The van der Waals surface area contributed by atoms with E-state index in [0.29, 0.717) is 5.56 Å². The molecule has 8 heteroatoms. The Labute approximate surface area is 248 Å². The lowest BCUT2D eigenvalue weighted by Crippen LogP contribution is -2.20. The topological polar surface area (TPSA) is 80.9 Å². The van der Waals surface area contributed by atoms with Crippen LogP contribution in [-0.4, -0.2) is 20.4 Å². The lowest BCUT2D eigenvalue weighted by Gasteiger charge is -2.30. The highest BCUT2D eigenvalue weighted by atomic mass is 127.